The number of likely N-dealkylation sites (tertiary alicyclic amines) is 1. The lowest BCUT2D eigenvalue weighted by Gasteiger charge is -2.18. The predicted molar refractivity (Wildman–Crippen MR) is 114 cm³/mol. The van der Waals surface area contributed by atoms with Crippen LogP contribution in [0.15, 0.2) is 42.5 Å². The molecular formula is C22H27N3O3S. The molecule has 4 rings (SSSR count). The highest BCUT2D eigenvalue weighted by molar-refractivity contribution is 7.92. The molecule has 0 spiro atoms. The molecule has 6 nitrogen and oxygen atoms in total. The summed E-state index contributed by atoms with van der Waals surface area (Å²) in [4.78, 5) is 15.2. The molecule has 7 heteroatoms. The van der Waals surface area contributed by atoms with Crippen LogP contribution in [0.3, 0.4) is 0 Å². The minimum Gasteiger partial charge on any atom is -0.348 e. The van der Waals surface area contributed by atoms with Crippen molar-refractivity contribution >= 4 is 21.6 Å². The van der Waals surface area contributed by atoms with Crippen molar-refractivity contribution in [3.63, 3.8) is 0 Å². The van der Waals surface area contributed by atoms with Gasteiger partial charge >= 0.3 is 0 Å². The van der Waals surface area contributed by atoms with Crippen molar-refractivity contribution in [3.05, 3.63) is 64.7 Å². The number of rotatable bonds is 6. The molecule has 0 radical (unpaired) electrons. The summed E-state index contributed by atoms with van der Waals surface area (Å²) in [7, 11) is -3.28. The summed E-state index contributed by atoms with van der Waals surface area (Å²) in [6.07, 6.45) is 4.35. The predicted octanol–water partition coefficient (Wildman–Crippen LogP) is 2.53. The maximum atomic E-state index is 12.7. The third-order valence-electron chi connectivity index (χ3n) is 5.75. The van der Waals surface area contributed by atoms with Gasteiger partial charge in [-0.15, -0.1) is 0 Å². The smallest absolute Gasteiger partial charge is 0.251 e. The topological polar surface area (TPSA) is 69.7 Å². The minimum absolute atomic E-state index is 0.137. The molecule has 1 amide bonds. The zero-order valence-electron chi connectivity index (χ0n) is 16.7. The Labute approximate surface area is 172 Å². The summed E-state index contributed by atoms with van der Waals surface area (Å²) in [5.41, 5.74) is 4.54. The molecule has 1 saturated heterocycles. The highest BCUT2D eigenvalue weighted by Crippen LogP contribution is 2.30. The first-order valence-corrected chi connectivity index (χ1v) is 11.9. The number of sulfonamides is 1. The summed E-state index contributed by atoms with van der Waals surface area (Å²) in [6.45, 7) is 4.12. The lowest BCUT2D eigenvalue weighted by Crippen LogP contribution is -2.27. The van der Waals surface area contributed by atoms with Gasteiger partial charge in [0.05, 0.1) is 11.9 Å². The Hall–Kier alpha value is -2.38. The number of carbonyl (C=O) groups excluding carboxylic acids is 1. The van der Waals surface area contributed by atoms with Crippen LogP contribution in [0.5, 0.6) is 0 Å². The molecule has 2 aliphatic rings. The molecule has 29 heavy (non-hydrogen) atoms. The van der Waals surface area contributed by atoms with Crippen molar-refractivity contribution in [2.75, 3.05) is 30.2 Å². The van der Waals surface area contributed by atoms with E-state index >= 15 is 0 Å². The van der Waals surface area contributed by atoms with E-state index in [1.165, 1.54) is 29.0 Å². The monoisotopic (exact) mass is 413 g/mol. The third-order valence-corrected chi connectivity index (χ3v) is 6.93. The van der Waals surface area contributed by atoms with Crippen LogP contribution in [0, 0.1) is 0 Å². The normalized spacial score (nSPS) is 16.8. The molecule has 0 unspecified atom stereocenters. The Balaban J connectivity index is 1.43. The summed E-state index contributed by atoms with van der Waals surface area (Å²) in [5.74, 6) is -0.137. The van der Waals surface area contributed by atoms with Crippen LogP contribution in [0.2, 0.25) is 0 Å². The van der Waals surface area contributed by atoms with Gasteiger partial charge in [-0.2, -0.15) is 0 Å². The van der Waals surface area contributed by atoms with Gasteiger partial charge in [-0.25, -0.2) is 8.42 Å². The standard InChI is InChI=1S/C22H27N3O3S/c1-29(27,28)25-13-10-17-14-18(8-9-21(17)25)22(26)23-15-19-6-2-3-7-20(19)16-24-11-4-5-12-24/h2-3,6-9,14H,4-5,10-13,15-16H2,1H3,(H,23,26). The van der Waals surface area contributed by atoms with Crippen molar-refractivity contribution in [1.82, 2.24) is 10.2 Å². The number of amides is 1. The highest BCUT2D eigenvalue weighted by atomic mass is 32.2. The van der Waals surface area contributed by atoms with Crippen LogP contribution in [-0.4, -0.2) is 45.1 Å². The van der Waals surface area contributed by atoms with Gasteiger partial charge in [-0.05, 0) is 67.2 Å². The van der Waals surface area contributed by atoms with E-state index in [0.29, 0.717) is 30.8 Å². The molecule has 0 bridgehead atoms. The van der Waals surface area contributed by atoms with E-state index in [2.05, 4.69) is 22.3 Å². The van der Waals surface area contributed by atoms with Gasteiger partial charge in [0.25, 0.3) is 5.91 Å². The second-order valence-electron chi connectivity index (χ2n) is 7.86. The summed E-state index contributed by atoms with van der Waals surface area (Å²) in [5, 5.41) is 3.02. The highest BCUT2D eigenvalue weighted by Gasteiger charge is 2.26. The molecule has 2 aromatic rings. The van der Waals surface area contributed by atoms with Gasteiger partial charge < -0.3 is 5.32 Å². The van der Waals surface area contributed by atoms with Gasteiger partial charge in [0.2, 0.25) is 10.0 Å². The number of fused-ring (bicyclic) bond motifs is 1. The van der Waals surface area contributed by atoms with E-state index in [9.17, 15) is 13.2 Å². The van der Waals surface area contributed by atoms with Crippen molar-refractivity contribution in [1.29, 1.82) is 0 Å². The second-order valence-corrected chi connectivity index (χ2v) is 9.77. The number of benzene rings is 2. The van der Waals surface area contributed by atoms with Gasteiger partial charge in [-0.3, -0.25) is 14.0 Å². The first-order chi connectivity index (χ1) is 13.9. The average Bonchev–Trinajstić information content (AvgIpc) is 3.35. The van der Waals surface area contributed by atoms with Gasteiger partial charge in [0.1, 0.15) is 0 Å². The van der Waals surface area contributed by atoms with Crippen LogP contribution in [0.1, 0.15) is 39.9 Å². The lowest BCUT2D eigenvalue weighted by molar-refractivity contribution is 0.0950. The number of hydrogen-bond acceptors (Lipinski definition) is 4. The molecular weight excluding hydrogens is 386 g/mol. The fourth-order valence-electron chi connectivity index (χ4n) is 4.20. The van der Waals surface area contributed by atoms with Crippen LogP contribution < -0.4 is 9.62 Å². The minimum atomic E-state index is -3.28. The number of nitrogens with one attached hydrogen (secondary N) is 1. The molecule has 1 fully saturated rings. The Morgan fingerprint density at radius 3 is 2.48 bits per heavy atom. The Morgan fingerprint density at radius 1 is 1.03 bits per heavy atom. The molecule has 154 valence electrons. The van der Waals surface area contributed by atoms with E-state index in [-0.39, 0.29) is 5.91 Å². The van der Waals surface area contributed by atoms with Gasteiger partial charge in [0.15, 0.2) is 0 Å². The fraction of sp³-hybridized carbons (Fsp3) is 0.409. The SMILES string of the molecule is CS(=O)(=O)N1CCc2cc(C(=O)NCc3ccccc3CN3CCCC3)ccc21. The van der Waals surface area contributed by atoms with Crippen LogP contribution in [-0.2, 0) is 29.5 Å². The molecule has 0 aromatic heterocycles. The van der Waals surface area contributed by atoms with Crippen LogP contribution in [0.25, 0.3) is 0 Å². The Kier molecular flexibility index (Phi) is 5.61. The molecule has 2 aliphatic heterocycles. The van der Waals surface area contributed by atoms with E-state index in [1.54, 1.807) is 12.1 Å². The quantitative estimate of drug-likeness (QED) is 0.790. The molecule has 2 aromatic carbocycles. The first kappa shape index (κ1) is 19.9. The largest absolute Gasteiger partial charge is 0.348 e. The van der Waals surface area contributed by atoms with Crippen molar-refractivity contribution in [3.8, 4) is 0 Å². The molecule has 0 aliphatic carbocycles. The van der Waals surface area contributed by atoms with E-state index < -0.39 is 10.0 Å². The van der Waals surface area contributed by atoms with Crippen LogP contribution >= 0.6 is 0 Å². The van der Waals surface area contributed by atoms with Crippen molar-refractivity contribution in [2.24, 2.45) is 0 Å². The van der Waals surface area contributed by atoms with Crippen LogP contribution in [0.4, 0.5) is 5.69 Å². The number of hydrogen-bond donors (Lipinski definition) is 1. The summed E-state index contributed by atoms with van der Waals surface area (Å²) < 4.78 is 25.1. The number of nitrogens with zero attached hydrogens (tertiary/aromatic N) is 2. The zero-order chi connectivity index (χ0) is 20.4. The fourth-order valence-corrected chi connectivity index (χ4v) is 5.16. The Morgan fingerprint density at radius 2 is 1.76 bits per heavy atom. The second kappa shape index (κ2) is 8.16. The number of anilines is 1. The number of carbonyl (C=O) groups is 1. The molecule has 0 atom stereocenters. The molecule has 0 saturated carbocycles. The first-order valence-electron chi connectivity index (χ1n) is 10.1. The van der Waals surface area contributed by atoms with Gasteiger partial charge in [-0.1, -0.05) is 24.3 Å². The lowest BCUT2D eigenvalue weighted by atomic mass is 10.1. The van der Waals surface area contributed by atoms with E-state index in [0.717, 1.165) is 30.8 Å². The van der Waals surface area contributed by atoms with E-state index in [1.807, 2.05) is 18.2 Å². The van der Waals surface area contributed by atoms with Gasteiger partial charge in [0, 0.05) is 25.2 Å². The summed E-state index contributed by atoms with van der Waals surface area (Å²) in [6, 6.07) is 13.5. The maximum Gasteiger partial charge on any atom is 0.251 e. The van der Waals surface area contributed by atoms with E-state index in [4.69, 9.17) is 0 Å². The Bertz CT molecular complexity index is 1010. The summed E-state index contributed by atoms with van der Waals surface area (Å²) >= 11 is 0. The molecule has 1 N–H and O–H groups in total. The third kappa shape index (κ3) is 4.46. The maximum absolute atomic E-state index is 12.7. The van der Waals surface area contributed by atoms with Crippen molar-refractivity contribution in [2.45, 2.75) is 32.4 Å². The average molecular weight is 414 g/mol. The van der Waals surface area contributed by atoms with Crippen molar-refractivity contribution < 1.29 is 13.2 Å². The zero-order valence-corrected chi connectivity index (χ0v) is 17.5. The molecule has 2 heterocycles.